The molecule has 0 fully saturated rings. The van der Waals surface area contributed by atoms with Crippen LogP contribution in [-0.4, -0.2) is 30.1 Å². The number of ether oxygens (including phenoxy) is 1. The van der Waals surface area contributed by atoms with Gasteiger partial charge in [-0.25, -0.2) is 4.79 Å². The average molecular weight is 374 g/mol. The maximum atomic E-state index is 12.6. The molecule has 6 heteroatoms. The molecule has 0 unspecified atom stereocenters. The second-order valence-corrected chi connectivity index (χ2v) is 6.08. The zero-order valence-corrected chi connectivity index (χ0v) is 15.0. The van der Waals surface area contributed by atoms with Crippen molar-refractivity contribution in [1.29, 1.82) is 5.26 Å². The summed E-state index contributed by atoms with van der Waals surface area (Å²) in [7, 11) is 0. The lowest BCUT2D eigenvalue weighted by molar-refractivity contribution is -0.121. The molecule has 0 saturated carbocycles. The molecule has 3 aromatic carbocycles. The van der Waals surface area contributed by atoms with Crippen molar-refractivity contribution in [2.45, 2.75) is 6.42 Å². The van der Waals surface area contributed by atoms with Gasteiger partial charge < -0.3 is 14.7 Å². The number of para-hydroxylation sites is 1. The van der Waals surface area contributed by atoms with Gasteiger partial charge in [0.15, 0.2) is 6.61 Å². The fourth-order valence-corrected chi connectivity index (χ4v) is 2.84. The molecule has 0 saturated heterocycles. The number of anilines is 1. The summed E-state index contributed by atoms with van der Waals surface area (Å²) in [6, 6.07) is 21.2. The molecule has 0 radical (unpaired) electrons. The standard InChI is InChI=1S/C22H18N2O4/c23-11-6-12-24(18-9-2-1-3-10-18)21(26)15-28-22(27)19-13-16-7-4-5-8-17(16)14-20(19)25/h1-5,7-10,13-14,25H,6,12,15H2. The second-order valence-electron chi connectivity index (χ2n) is 6.08. The van der Waals surface area contributed by atoms with Crippen molar-refractivity contribution in [3.63, 3.8) is 0 Å². The molecular formula is C22H18N2O4. The quantitative estimate of drug-likeness (QED) is 0.665. The summed E-state index contributed by atoms with van der Waals surface area (Å²) < 4.78 is 5.13. The molecule has 0 aliphatic carbocycles. The summed E-state index contributed by atoms with van der Waals surface area (Å²) in [5.41, 5.74) is 0.613. The monoisotopic (exact) mass is 374 g/mol. The number of hydrogen-bond acceptors (Lipinski definition) is 5. The fourth-order valence-electron chi connectivity index (χ4n) is 2.84. The highest BCUT2D eigenvalue weighted by atomic mass is 16.5. The number of amides is 1. The molecule has 0 aliphatic rings. The minimum atomic E-state index is -0.787. The summed E-state index contributed by atoms with van der Waals surface area (Å²) in [6.07, 6.45) is 0.153. The van der Waals surface area contributed by atoms with Crippen LogP contribution in [-0.2, 0) is 9.53 Å². The molecule has 3 rings (SSSR count). The topological polar surface area (TPSA) is 90.6 Å². The minimum absolute atomic E-state index is 0.00483. The van der Waals surface area contributed by atoms with E-state index in [1.807, 2.05) is 36.4 Å². The Balaban J connectivity index is 1.73. The summed E-state index contributed by atoms with van der Waals surface area (Å²) >= 11 is 0. The number of phenols is 1. The number of nitrogens with zero attached hydrogens (tertiary/aromatic N) is 2. The molecule has 0 atom stereocenters. The van der Waals surface area contributed by atoms with Gasteiger partial charge in [-0.2, -0.15) is 5.26 Å². The Morgan fingerprint density at radius 3 is 2.32 bits per heavy atom. The summed E-state index contributed by atoms with van der Waals surface area (Å²) in [5.74, 6) is -1.44. The van der Waals surface area contributed by atoms with E-state index in [0.717, 1.165) is 10.8 Å². The first-order valence-corrected chi connectivity index (χ1v) is 8.71. The summed E-state index contributed by atoms with van der Waals surface area (Å²) in [4.78, 5) is 26.3. The van der Waals surface area contributed by atoms with Crippen LogP contribution >= 0.6 is 0 Å². The fraction of sp³-hybridized carbons (Fsp3) is 0.136. The van der Waals surface area contributed by atoms with Crippen molar-refractivity contribution in [3.8, 4) is 11.8 Å². The van der Waals surface area contributed by atoms with Crippen molar-refractivity contribution in [2.24, 2.45) is 0 Å². The van der Waals surface area contributed by atoms with Gasteiger partial charge in [-0.1, -0.05) is 42.5 Å². The van der Waals surface area contributed by atoms with Crippen LogP contribution in [0, 0.1) is 11.3 Å². The maximum Gasteiger partial charge on any atom is 0.342 e. The van der Waals surface area contributed by atoms with E-state index in [4.69, 9.17) is 10.00 Å². The number of nitriles is 1. The van der Waals surface area contributed by atoms with Gasteiger partial charge in [-0.05, 0) is 35.0 Å². The highest BCUT2D eigenvalue weighted by Crippen LogP contribution is 2.25. The molecule has 28 heavy (non-hydrogen) atoms. The third-order valence-electron chi connectivity index (χ3n) is 4.23. The molecule has 0 aromatic heterocycles. The van der Waals surface area contributed by atoms with Gasteiger partial charge in [0.25, 0.3) is 5.91 Å². The normalized spacial score (nSPS) is 10.2. The lowest BCUT2D eigenvalue weighted by atomic mass is 10.1. The van der Waals surface area contributed by atoms with Gasteiger partial charge in [0.1, 0.15) is 11.3 Å². The van der Waals surface area contributed by atoms with Crippen molar-refractivity contribution < 1.29 is 19.4 Å². The van der Waals surface area contributed by atoms with Gasteiger partial charge in [-0.3, -0.25) is 4.79 Å². The Morgan fingerprint density at radius 1 is 1.00 bits per heavy atom. The van der Waals surface area contributed by atoms with E-state index in [-0.39, 0.29) is 24.3 Å². The third kappa shape index (κ3) is 4.27. The van der Waals surface area contributed by atoms with Crippen molar-refractivity contribution in [3.05, 3.63) is 72.3 Å². The number of carbonyl (C=O) groups is 2. The Hall–Kier alpha value is -3.85. The Kier molecular flexibility index (Phi) is 5.87. The van der Waals surface area contributed by atoms with Crippen LogP contribution in [0.2, 0.25) is 0 Å². The van der Waals surface area contributed by atoms with Crippen LogP contribution in [0.3, 0.4) is 0 Å². The molecule has 0 spiro atoms. The lowest BCUT2D eigenvalue weighted by Gasteiger charge is -2.21. The van der Waals surface area contributed by atoms with E-state index in [1.165, 1.54) is 17.0 Å². The molecule has 6 nitrogen and oxygen atoms in total. The molecule has 0 bridgehead atoms. The number of hydrogen-bond donors (Lipinski definition) is 1. The molecule has 1 amide bonds. The Morgan fingerprint density at radius 2 is 1.64 bits per heavy atom. The predicted molar refractivity (Wildman–Crippen MR) is 105 cm³/mol. The third-order valence-corrected chi connectivity index (χ3v) is 4.23. The average Bonchev–Trinajstić information content (AvgIpc) is 2.72. The van der Waals surface area contributed by atoms with Crippen LogP contribution < -0.4 is 4.90 Å². The van der Waals surface area contributed by atoms with Gasteiger partial charge in [0, 0.05) is 12.2 Å². The summed E-state index contributed by atoms with van der Waals surface area (Å²) in [6.45, 7) is -0.302. The van der Waals surface area contributed by atoms with Gasteiger partial charge in [0.2, 0.25) is 0 Å². The predicted octanol–water partition coefficient (Wildman–Crippen LogP) is 3.65. The number of carbonyl (C=O) groups excluding carboxylic acids is 2. The number of esters is 1. The number of benzene rings is 3. The van der Waals surface area contributed by atoms with E-state index in [9.17, 15) is 14.7 Å². The second kappa shape index (κ2) is 8.69. The van der Waals surface area contributed by atoms with E-state index in [1.54, 1.807) is 24.3 Å². The van der Waals surface area contributed by atoms with Gasteiger partial charge in [-0.15, -0.1) is 0 Å². The van der Waals surface area contributed by atoms with E-state index in [0.29, 0.717) is 5.69 Å². The van der Waals surface area contributed by atoms with Crippen molar-refractivity contribution >= 4 is 28.3 Å². The van der Waals surface area contributed by atoms with E-state index >= 15 is 0 Å². The lowest BCUT2D eigenvalue weighted by Crippen LogP contribution is -2.35. The van der Waals surface area contributed by atoms with Gasteiger partial charge in [0.05, 0.1) is 12.5 Å². The SMILES string of the molecule is N#CCCN(C(=O)COC(=O)c1cc2ccccc2cc1O)c1ccccc1. The first kappa shape index (κ1) is 18.9. The first-order chi connectivity index (χ1) is 13.6. The molecule has 140 valence electrons. The van der Waals surface area contributed by atoms with Crippen LogP contribution in [0.4, 0.5) is 5.69 Å². The largest absolute Gasteiger partial charge is 0.507 e. The van der Waals surface area contributed by atoms with Gasteiger partial charge >= 0.3 is 5.97 Å². The number of fused-ring (bicyclic) bond motifs is 1. The number of rotatable bonds is 6. The van der Waals surface area contributed by atoms with E-state index < -0.39 is 18.5 Å². The molecule has 3 aromatic rings. The summed E-state index contributed by atoms with van der Waals surface area (Å²) in [5, 5.41) is 20.5. The van der Waals surface area contributed by atoms with Crippen LogP contribution in [0.15, 0.2) is 66.7 Å². The number of phenolic OH excluding ortho intramolecular Hbond substituents is 1. The highest BCUT2D eigenvalue weighted by Gasteiger charge is 2.20. The Labute approximate surface area is 162 Å². The van der Waals surface area contributed by atoms with Crippen LogP contribution in [0.5, 0.6) is 5.75 Å². The van der Waals surface area contributed by atoms with Crippen molar-refractivity contribution in [1.82, 2.24) is 0 Å². The maximum absolute atomic E-state index is 12.6. The molecule has 1 N–H and O–H groups in total. The van der Waals surface area contributed by atoms with Crippen LogP contribution in [0.25, 0.3) is 10.8 Å². The molecule has 0 heterocycles. The smallest absolute Gasteiger partial charge is 0.342 e. The van der Waals surface area contributed by atoms with Crippen molar-refractivity contribution in [2.75, 3.05) is 18.1 Å². The molecular weight excluding hydrogens is 356 g/mol. The molecule has 0 aliphatic heterocycles. The van der Waals surface area contributed by atoms with Crippen LogP contribution in [0.1, 0.15) is 16.8 Å². The minimum Gasteiger partial charge on any atom is -0.507 e. The highest BCUT2D eigenvalue weighted by molar-refractivity contribution is 6.00. The number of aromatic hydroxyl groups is 1. The zero-order chi connectivity index (χ0) is 19.9. The van der Waals surface area contributed by atoms with E-state index in [2.05, 4.69) is 0 Å². The first-order valence-electron chi connectivity index (χ1n) is 8.71. The Bertz CT molecular complexity index is 1040. The zero-order valence-electron chi connectivity index (χ0n) is 15.0.